The third-order valence-electron chi connectivity index (χ3n) is 4.70. The Morgan fingerprint density at radius 3 is 1.34 bits per heavy atom. The molecule has 0 aromatic heterocycles. The highest BCUT2D eigenvalue weighted by atomic mass is 31.1. The lowest BCUT2D eigenvalue weighted by molar-refractivity contribution is 0.603. The molecule has 0 spiro atoms. The van der Waals surface area contributed by atoms with Gasteiger partial charge in [0.25, 0.3) is 0 Å². The number of halogens is 3. The summed E-state index contributed by atoms with van der Waals surface area (Å²) >= 11 is 0. The van der Waals surface area contributed by atoms with Gasteiger partial charge in [-0.25, -0.2) is 13.2 Å². The summed E-state index contributed by atoms with van der Waals surface area (Å²) < 4.78 is 52.4. The van der Waals surface area contributed by atoms with Crippen molar-refractivity contribution in [1.82, 2.24) is 0 Å². The molecule has 0 N–H and O–H groups in total. The summed E-state index contributed by atoms with van der Waals surface area (Å²) in [7, 11) is -0.200. The highest BCUT2D eigenvalue weighted by molar-refractivity contribution is 7.34. The molecule has 142 valence electrons. The molecule has 0 atom stereocenters. The first-order valence-corrected chi connectivity index (χ1v) is 9.66. The number of hydrogen-bond donors (Lipinski definition) is 0. The number of rotatable bonds is 4. The van der Waals surface area contributed by atoms with Crippen molar-refractivity contribution in [3.05, 3.63) is 102 Å². The molecule has 0 heterocycles. The van der Waals surface area contributed by atoms with E-state index in [1.54, 1.807) is 48.5 Å². The van der Waals surface area contributed by atoms with E-state index in [2.05, 4.69) is 0 Å². The topological polar surface area (TPSA) is 17.1 Å². The van der Waals surface area contributed by atoms with E-state index in [9.17, 15) is 17.7 Å². The fourth-order valence-corrected chi connectivity index (χ4v) is 3.83. The van der Waals surface area contributed by atoms with Crippen LogP contribution in [-0.4, -0.2) is 0 Å². The van der Waals surface area contributed by atoms with Gasteiger partial charge in [0.15, 0.2) is 8.46 Å². The van der Waals surface area contributed by atoms with E-state index in [0.717, 1.165) is 11.1 Å². The van der Waals surface area contributed by atoms with Crippen LogP contribution in [0, 0.1) is 17.5 Å². The van der Waals surface area contributed by atoms with Crippen LogP contribution in [0.5, 0.6) is 0 Å². The van der Waals surface area contributed by atoms with Gasteiger partial charge >= 0.3 is 0 Å². The SMILES string of the molecule is O=Pc1ccc(-c2ccc(F)cc2)c(-c2ccc(F)cc2)c1-c1ccc(F)cc1. The first-order valence-electron chi connectivity index (χ1n) is 8.85. The molecule has 0 radical (unpaired) electrons. The van der Waals surface area contributed by atoms with E-state index in [1.165, 1.54) is 36.4 Å². The zero-order valence-corrected chi connectivity index (χ0v) is 16.0. The maximum atomic E-state index is 13.5. The zero-order valence-electron chi connectivity index (χ0n) is 15.1. The van der Waals surface area contributed by atoms with Crippen molar-refractivity contribution >= 4 is 13.8 Å². The normalized spacial score (nSPS) is 11.0. The summed E-state index contributed by atoms with van der Waals surface area (Å²) in [6, 6.07) is 21.4. The third kappa shape index (κ3) is 3.85. The van der Waals surface area contributed by atoms with Crippen molar-refractivity contribution in [2.45, 2.75) is 0 Å². The van der Waals surface area contributed by atoms with Crippen LogP contribution in [0.1, 0.15) is 0 Å². The minimum atomic E-state index is -0.381. The molecule has 0 bridgehead atoms. The fourth-order valence-electron chi connectivity index (χ4n) is 3.36. The van der Waals surface area contributed by atoms with Gasteiger partial charge in [0.1, 0.15) is 17.5 Å². The van der Waals surface area contributed by atoms with Crippen LogP contribution in [0.25, 0.3) is 33.4 Å². The van der Waals surface area contributed by atoms with Crippen LogP contribution >= 0.6 is 8.46 Å². The van der Waals surface area contributed by atoms with E-state index in [-0.39, 0.29) is 25.9 Å². The molecule has 29 heavy (non-hydrogen) atoms. The molecular weight excluding hydrogens is 392 g/mol. The minimum absolute atomic E-state index is 0.200. The van der Waals surface area contributed by atoms with Crippen LogP contribution in [0.15, 0.2) is 84.9 Å². The molecule has 0 aliphatic rings. The molecule has 0 aliphatic carbocycles. The highest BCUT2D eigenvalue weighted by Crippen LogP contribution is 2.40. The van der Waals surface area contributed by atoms with Crippen LogP contribution in [-0.2, 0) is 4.57 Å². The van der Waals surface area contributed by atoms with Gasteiger partial charge in [0.05, 0.1) is 5.30 Å². The van der Waals surface area contributed by atoms with Crippen molar-refractivity contribution in [1.29, 1.82) is 0 Å². The molecule has 4 rings (SSSR count). The molecule has 1 nitrogen and oxygen atoms in total. The van der Waals surface area contributed by atoms with Crippen molar-refractivity contribution in [3.63, 3.8) is 0 Å². The zero-order chi connectivity index (χ0) is 20.4. The predicted molar refractivity (Wildman–Crippen MR) is 110 cm³/mol. The Morgan fingerprint density at radius 2 is 0.897 bits per heavy atom. The average Bonchev–Trinajstić information content (AvgIpc) is 2.75. The minimum Gasteiger partial charge on any atom is -0.269 e. The largest absolute Gasteiger partial charge is 0.269 e. The average molecular weight is 406 g/mol. The lowest BCUT2D eigenvalue weighted by atomic mass is 9.87. The molecule has 0 fully saturated rings. The van der Waals surface area contributed by atoms with Crippen molar-refractivity contribution in [3.8, 4) is 33.4 Å². The Balaban J connectivity index is 2.07. The maximum Gasteiger partial charge on any atom is 0.192 e. The van der Waals surface area contributed by atoms with Gasteiger partial charge in [-0.3, -0.25) is 4.57 Å². The monoisotopic (exact) mass is 406 g/mol. The number of benzene rings is 4. The van der Waals surface area contributed by atoms with Gasteiger partial charge in [-0.15, -0.1) is 0 Å². The summed E-state index contributed by atoms with van der Waals surface area (Å²) in [5, 5.41) is 0.516. The summed E-state index contributed by atoms with van der Waals surface area (Å²) in [6.07, 6.45) is 0. The molecular formula is C24H14F3OP. The van der Waals surface area contributed by atoms with E-state index >= 15 is 0 Å². The van der Waals surface area contributed by atoms with Gasteiger partial charge in [0.2, 0.25) is 0 Å². The highest BCUT2D eigenvalue weighted by Gasteiger charge is 2.18. The predicted octanol–water partition coefficient (Wildman–Crippen LogP) is 7.02. The van der Waals surface area contributed by atoms with Gasteiger partial charge in [-0.05, 0) is 70.3 Å². The smallest absolute Gasteiger partial charge is 0.192 e. The number of hydrogen-bond acceptors (Lipinski definition) is 1. The molecule has 0 saturated carbocycles. The van der Waals surface area contributed by atoms with Crippen LogP contribution in [0.2, 0.25) is 0 Å². The Kier molecular flexibility index (Phi) is 5.28. The summed E-state index contributed by atoms with van der Waals surface area (Å²) in [5.74, 6) is -1.11. The van der Waals surface area contributed by atoms with Gasteiger partial charge in [-0.1, -0.05) is 42.5 Å². The lowest BCUT2D eigenvalue weighted by Gasteiger charge is -2.18. The summed E-state index contributed by atoms with van der Waals surface area (Å²) in [4.78, 5) is 0. The Labute approximate surface area is 167 Å². The van der Waals surface area contributed by atoms with E-state index < -0.39 is 0 Å². The molecule has 4 aromatic carbocycles. The second-order valence-corrected chi connectivity index (χ2v) is 7.16. The quantitative estimate of drug-likeness (QED) is 0.333. The first-order chi connectivity index (χ1) is 14.1. The molecule has 4 aromatic rings. The molecule has 5 heteroatoms. The Hall–Kier alpha value is -3.23. The van der Waals surface area contributed by atoms with Crippen molar-refractivity contribution < 1.29 is 17.7 Å². The maximum absolute atomic E-state index is 13.5. The standard InChI is InChI=1S/C24H14F3OP/c25-18-7-1-15(2-8-18)21-13-14-22(29-28)24(17-5-11-20(27)12-6-17)23(21)16-3-9-19(26)10-4-16/h1-14H. The molecule has 0 amide bonds. The molecule has 0 unspecified atom stereocenters. The summed E-state index contributed by atoms with van der Waals surface area (Å²) in [5.41, 5.74) is 4.26. The second kappa shape index (κ2) is 8.02. The Morgan fingerprint density at radius 1 is 0.483 bits per heavy atom. The second-order valence-electron chi connectivity index (χ2n) is 6.49. The van der Waals surface area contributed by atoms with E-state index in [0.29, 0.717) is 27.6 Å². The Bertz CT molecular complexity index is 1170. The van der Waals surface area contributed by atoms with Crippen molar-refractivity contribution in [2.75, 3.05) is 0 Å². The molecule has 0 aliphatic heterocycles. The van der Waals surface area contributed by atoms with Crippen LogP contribution in [0.4, 0.5) is 13.2 Å². The van der Waals surface area contributed by atoms with E-state index in [4.69, 9.17) is 0 Å². The van der Waals surface area contributed by atoms with Gasteiger partial charge in [-0.2, -0.15) is 0 Å². The van der Waals surface area contributed by atoms with Crippen molar-refractivity contribution in [2.24, 2.45) is 0 Å². The van der Waals surface area contributed by atoms with Crippen LogP contribution in [0.3, 0.4) is 0 Å². The lowest BCUT2D eigenvalue weighted by Crippen LogP contribution is -2.03. The van der Waals surface area contributed by atoms with Crippen LogP contribution < -0.4 is 5.30 Å². The third-order valence-corrected chi connectivity index (χ3v) is 5.27. The fraction of sp³-hybridized carbons (Fsp3) is 0. The summed E-state index contributed by atoms with van der Waals surface area (Å²) in [6.45, 7) is 0. The molecule has 0 saturated heterocycles. The van der Waals surface area contributed by atoms with Gasteiger partial charge in [0, 0.05) is 5.56 Å². The first kappa shape index (κ1) is 19.1. The van der Waals surface area contributed by atoms with E-state index in [1.807, 2.05) is 0 Å². The van der Waals surface area contributed by atoms with Gasteiger partial charge < -0.3 is 0 Å².